The third-order valence-electron chi connectivity index (χ3n) is 3.63. The topological polar surface area (TPSA) is 76.7 Å². The van der Waals surface area contributed by atoms with Gasteiger partial charge in [0, 0.05) is 23.9 Å². The molecule has 0 spiro atoms. The van der Waals surface area contributed by atoms with Crippen molar-refractivity contribution in [1.29, 1.82) is 0 Å². The van der Waals surface area contributed by atoms with Crippen LogP contribution >= 0.6 is 0 Å². The number of ether oxygens (including phenoxy) is 2. The van der Waals surface area contributed by atoms with Crippen LogP contribution in [-0.4, -0.2) is 32.6 Å². The lowest BCUT2D eigenvalue weighted by atomic mass is 10.1. The summed E-state index contributed by atoms with van der Waals surface area (Å²) in [6.07, 6.45) is 2.36. The van der Waals surface area contributed by atoms with Crippen molar-refractivity contribution >= 4 is 17.5 Å². The van der Waals surface area contributed by atoms with E-state index in [2.05, 4.69) is 17.2 Å². The van der Waals surface area contributed by atoms with E-state index in [4.69, 9.17) is 9.47 Å². The van der Waals surface area contributed by atoms with E-state index in [9.17, 15) is 9.59 Å². The summed E-state index contributed by atoms with van der Waals surface area (Å²) in [5.74, 6) is 0.772. The van der Waals surface area contributed by atoms with Crippen LogP contribution in [-0.2, 0) is 11.2 Å². The number of amides is 2. The van der Waals surface area contributed by atoms with Crippen LogP contribution in [0.3, 0.4) is 0 Å². The maximum Gasteiger partial charge on any atom is 0.262 e. The predicted octanol–water partition coefficient (Wildman–Crippen LogP) is 2.80. The summed E-state index contributed by atoms with van der Waals surface area (Å²) < 4.78 is 10.8. The van der Waals surface area contributed by atoms with Crippen LogP contribution in [0.25, 0.3) is 0 Å². The number of benzene rings is 2. The van der Waals surface area contributed by atoms with Crippen molar-refractivity contribution in [2.24, 2.45) is 0 Å². The van der Waals surface area contributed by atoms with Gasteiger partial charge < -0.3 is 20.1 Å². The Morgan fingerprint density at radius 2 is 2.00 bits per heavy atom. The minimum atomic E-state index is -0.320. The van der Waals surface area contributed by atoms with Gasteiger partial charge in [0.1, 0.15) is 11.5 Å². The molecule has 2 aromatic rings. The Hall–Kier alpha value is -3.28. The maximum absolute atomic E-state index is 12.1. The Morgan fingerprint density at radius 1 is 1.19 bits per heavy atom. The second-order valence-electron chi connectivity index (χ2n) is 5.46. The molecule has 2 aromatic carbocycles. The van der Waals surface area contributed by atoms with Crippen LogP contribution in [0.15, 0.2) is 55.1 Å². The molecule has 0 aliphatic rings. The van der Waals surface area contributed by atoms with E-state index in [0.717, 1.165) is 5.56 Å². The van der Waals surface area contributed by atoms with E-state index in [1.165, 1.54) is 0 Å². The van der Waals surface area contributed by atoms with E-state index in [0.29, 0.717) is 29.2 Å². The SMILES string of the molecule is C=CCc1cc(OC)ccc1OCC(=O)Nc1cccc(C(=O)NC)c1. The standard InChI is InChI=1S/C20H22N2O4/c1-4-6-14-12-17(25-3)9-10-18(14)26-13-19(23)22-16-8-5-7-15(11-16)20(24)21-2/h4-5,7-12H,1,6,13H2,2-3H3,(H,21,24)(H,22,23). The molecule has 2 N–H and O–H groups in total. The van der Waals surface area contributed by atoms with Crippen molar-refractivity contribution in [3.63, 3.8) is 0 Å². The van der Waals surface area contributed by atoms with Gasteiger partial charge >= 0.3 is 0 Å². The molecule has 0 fully saturated rings. The van der Waals surface area contributed by atoms with Gasteiger partial charge in [0.05, 0.1) is 7.11 Å². The molecule has 0 aliphatic heterocycles. The molecule has 0 aromatic heterocycles. The van der Waals surface area contributed by atoms with E-state index in [1.54, 1.807) is 56.6 Å². The zero-order valence-corrected chi connectivity index (χ0v) is 14.9. The molecule has 0 aliphatic carbocycles. The summed E-state index contributed by atoms with van der Waals surface area (Å²) in [4.78, 5) is 23.8. The normalized spacial score (nSPS) is 9.92. The number of allylic oxidation sites excluding steroid dienone is 1. The Balaban J connectivity index is 2.01. The second kappa shape index (κ2) is 9.27. The molecule has 0 unspecified atom stereocenters. The lowest BCUT2D eigenvalue weighted by Gasteiger charge is -2.12. The van der Waals surface area contributed by atoms with Gasteiger partial charge in [0.15, 0.2) is 6.61 Å². The molecular formula is C20H22N2O4. The smallest absolute Gasteiger partial charge is 0.262 e. The van der Waals surface area contributed by atoms with Crippen LogP contribution in [0.1, 0.15) is 15.9 Å². The summed E-state index contributed by atoms with van der Waals surface area (Å²) >= 11 is 0. The molecule has 0 radical (unpaired) electrons. The Kier molecular flexibility index (Phi) is 6.79. The summed E-state index contributed by atoms with van der Waals surface area (Å²) in [6, 6.07) is 12.1. The molecule has 6 heteroatoms. The lowest BCUT2D eigenvalue weighted by molar-refractivity contribution is -0.118. The quantitative estimate of drug-likeness (QED) is 0.715. The van der Waals surface area contributed by atoms with Gasteiger partial charge in [-0.2, -0.15) is 0 Å². The van der Waals surface area contributed by atoms with Gasteiger partial charge in [-0.1, -0.05) is 12.1 Å². The zero-order chi connectivity index (χ0) is 18.9. The van der Waals surface area contributed by atoms with Gasteiger partial charge in [0.25, 0.3) is 11.8 Å². The highest BCUT2D eigenvalue weighted by Gasteiger charge is 2.10. The Bertz CT molecular complexity index is 802. The van der Waals surface area contributed by atoms with Crippen LogP contribution < -0.4 is 20.1 Å². The first-order valence-corrected chi connectivity index (χ1v) is 8.10. The van der Waals surface area contributed by atoms with Gasteiger partial charge in [-0.3, -0.25) is 9.59 Å². The fourth-order valence-corrected chi connectivity index (χ4v) is 2.36. The van der Waals surface area contributed by atoms with Crippen molar-refractivity contribution in [1.82, 2.24) is 5.32 Å². The number of carbonyl (C=O) groups excluding carboxylic acids is 2. The summed E-state index contributed by atoms with van der Waals surface area (Å²) in [6.45, 7) is 3.57. The molecule has 136 valence electrons. The number of carbonyl (C=O) groups is 2. The number of anilines is 1. The van der Waals surface area contributed by atoms with Crippen LogP contribution in [0, 0.1) is 0 Å². The first kappa shape index (κ1) is 19.1. The predicted molar refractivity (Wildman–Crippen MR) is 101 cm³/mol. The molecule has 0 atom stereocenters. The van der Waals surface area contributed by atoms with Crippen LogP contribution in [0.2, 0.25) is 0 Å². The highest BCUT2D eigenvalue weighted by atomic mass is 16.5. The zero-order valence-electron chi connectivity index (χ0n) is 14.9. The first-order valence-electron chi connectivity index (χ1n) is 8.10. The summed E-state index contributed by atoms with van der Waals surface area (Å²) in [5.41, 5.74) is 1.88. The van der Waals surface area contributed by atoms with Gasteiger partial charge in [-0.15, -0.1) is 6.58 Å². The molecule has 0 saturated heterocycles. The summed E-state index contributed by atoms with van der Waals surface area (Å²) in [7, 11) is 3.14. The largest absolute Gasteiger partial charge is 0.497 e. The van der Waals surface area contributed by atoms with Crippen molar-refractivity contribution < 1.29 is 19.1 Å². The van der Waals surface area contributed by atoms with E-state index < -0.39 is 0 Å². The average Bonchev–Trinajstić information content (AvgIpc) is 2.66. The van der Waals surface area contributed by atoms with Gasteiger partial charge in [-0.25, -0.2) is 0 Å². The van der Waals surface area contributed by atoms with Gasteiger partial charge in [0.2, 0.25) is 0 Å². The monoisotopic (exact) mass is 354 g/mol. The van der Waals surface area contributed by atoms with Crippen LogP contribution in [0.4, 0.5) is 5.69 Å². The second-order valence-corrected chi connectivity index (χ2v) is 5.46. The molecular weight excluding hydrogens is 332 g/mol. The third kappa shape index (κ3) is 5.11. The van der Waals surface area contributed by atoms with E-state index >= 15 is 0 Å². The fraction of sp³-hybridized carbons (Fsp3) is 0.200. The molecule has 6 nitrogen and oxygen atoms in total. The molecule has 26 heavy (non-hydrogen) atoms. The highest BCUT2D eigenvalue weighted by molar-refractivity contribution is 5.97. The fourth-order valence-electron chi connectivity index (χ4n) is 2.36. The Morgan fingerprint density at radius 3 is 2.69 bits per heavy atom. The number of rotatable bonds is 8. The first-order chi connectivity index (χ1) is 12.6. The van der Waals surface area contributed by atoms with Crippen molar-refractivity contribution in [3.05, 3.63) is 66.2 Å². The highest BCUT2D eigenvalue weighted by Crippen LogP contribution is 2.25. The number of methoxy groups -OCH3 is 1. The van der Waals surface area contributed by atoms with Crippen molar-refractivity contribution in [2.45, 2.75) is 6.42 Å². The molecule has 0 heterocycles. The van der Waals surface area contributed by atoms with Crippen molar-refractivity contribution in [2.75, 3.05) is 26.1 Å². The molecule has 2 amide bonds. The molecule has 2 rings (SSSR count). The number of nitrogens with one attached hydrogen (secondary N) is 2. The minimum absolute atomic E-state index is 0.152. The van der Waals surface area contributed by atoms with E-state index in [-0.39, 0.29) is 18.4 Å². The van der Waals surface area contributed by atoms with Crippen molar-refractivity contribution in [3.8, 4) is 11.5 Å². The lowest BCUT2D eigenvalue weighted by Crippen LogP contribution is -2.21. The Labute approximate surface area is 152 Å². The molecule has 0 saturated carbocycles. The number of hydrogen-bond donors (Lipinski definition) is 2. The maximum atomic E-state index is 12.1. The average molecular weight is 354 g/mol. The third-order valence-corrected chi connectivity index (χ3v) is 3.63. The summed E-state index contributed by atoms with van der Waals surface area (Å²) in [5, 5.41) is 5.26. The van der Waals surface area contributed by atoms with Crippen LogP contribution in [0.5, 0.6) is 11.5 Å². The minimum Gasteiger partial charge on any atom is -0.497 e. The molecule has 0 bridgehead atoms. The van der Waals surface area contributed by atoms with E-state index in [1.807, 2.05) is 6.07 Å². The van der Waals surface area contributed by atoms with Gasteiger partial charge in [-0.05, 0) is 42.8 Å². The number of hydrogen-bond acceptors (Lipinski definition) is 4.